The lowest BCUT2D eigenvalue weighted by Crippen LogP contribution is -2.01. The molecular weight excluding hydrogens is 266 g/mol. The molecule has 1 aliphatic rings. The SMILES string of the molecule is CCC(=O)c1ccc(NCc2ccc3c(c2)OCO3)cc1. The maximum Gasteiger partial charge on any atom is 0.231 e. The summed E-state index contributed by atoms with van der Waals surface area (Å²) in [4.78, 5) is 11.6. The van der Waals surface area contributed by atoms with Crippen LogP contribution in [0, 0.1) is 0 Å². The Morgan fingerprint density at radius 2 is 1.86 bits per heavy atom. The molecule has 0 aromatic heterocycles. The third kappa shape index (κ3) is 2.99. The van der Waals surface area contributed by atoms with Gasteiger partial charge in [0, 0.05) is 24.2 Å². The maximum atomic E-state index is 11.6. The van der Waals surface area contributed by atoms with E-state index >= 15 is 0 Å². The molecule has 0 fully saturated rings. The van der Waals surface area contributed by atoms with Crippen molar-refractivity contribution in [1.82, 2.24) is 0 Å². The molecule has 3 rings (SSSR count). The molecule has 4 heteroatoms. The fraction of sp³-hybridized carbons (Fsp3) is 0.235. The van der Waals surface area contributed by atoms with E-state index in [1.54, 1.807) is 0 Å². The molecule has 0 radical (unpaired) electrons. The molecule has 0 saturated carbocycles. The fourth-order valence-corrected chi connectivity index (χ4v) is 2.23. The zero-order chi connectivity index (χ0) is 14.7. The summed E-state index contributed by atoms with van der Waals surface area (Å²) in [6, 6.07) is 13.5. The number of benzene rings is 2. The van der Waals surface area contributed by atoms with Crippen molar-refractivity contribution in [2.75, 3.05) is 12.1 Å². The number of rotatable bonds is 5. The second-order valence-electron chi connectivity index (χ2n) is 4.90. The first-order valence-electron chi connectivity index (χ1n) is 7.02. The first-order chi connectivity index (χ1) is 10.3. The Bertz CT molecular complexity index is 650. The Labute approximate surface area is 123 Å². The van der Waals surface area contributed by atoms with E-state index in [1.165, 1.54) is 0 Å². The normalized spacial score (nSPS) is 12.2. The number of ether oxygens (including phenoxy) is 2. The largest absolute Gasteiger partial charge is 0.454 e. The molecule has 0 aliphatic carbocycles. The van der Waals surface area contributed by atoms with Crippen LogP contribution in [0.3, 0.4) is 0 Å². The van der Waals surface area contributed by atoms with Gasteiger partial charge in [0.05, 0.1) is 0 Å². The molecule has 1 N–H and O–H groups in total. The summed E-state index contributed by atoms with van der Waals surface area (Å²) >= 11 is 0. The quantitative estimate of drug-likeness (QED) is 0.851. The van der Waals surface area contributed by atoms with Gasteiger partial charge in [-0.05, 0) is 42.0 Å². The highest BCUT2D eigenvalue weighted by atomic mass is 16.7. The van der Waals surface area contributed by atoms with Gasteiger partial charge >= 0.3 is 0 Å². The molecule has 4 nitrogen and oxygen atoms in total. The molecule has 108 valence electrons. The molecule has 2 aromatic carbocycles. The minimum atomic E-state index is 0.164. The predicted octanol–water partition coefficient (Wildman–Crippen LogP) is 3.62. The molecule has 0 amide bonds. The molecule has 2 aromatic rings. The first kappa shape index (κ1) is 13.5. The molecule has 0 bridgehead atoms. The van der Waals surface area contributed by atoms with Gasteiger partial charge in [-0.2, -0.15) is 0 Å². The van der Waals surface area contributed by atoms with Crippen molar-refractivity contribution < 1.29 is 14.3 Å². The van der Waals surface area contributed by atoms with E-state index in [1.807, 2.05) is 49.4 Å². The topological polar surface area (TPSA) is 47.6 Å². The number of anilines is 1. The van der Waals surface area contributed by atoms with Crippen LogP contribution in [0.2, 0.25) is 0 Å². The summed E-state index contributed by atoms with van der Waals surface area (Å²) in [5.41, 5.74) is 2.86. The number of carbonyl (C=O) groups excluding carboxylic acids is 1. The average molecular weight is 283 g/mol. The van der Waals surface area contributed by atoms with Gasteiger partial charge in [-0.1, -0.05) is 13.0 Å². The number of carbonyl (C=O) groups is 1. The van der Waals surface area contributed by atoms with Crippen LogP contribution in [0.25, 0.3) is 0 Å². The highest BCUT2D eigenvalue weighted by molar-refractivity contribution is 5.96. The van der Waals surface area contributed by atoms with Crippen molar-refractivity contribution in [3.63, 3.8) is 0 Å². The maximum absolute atomic E-state index is 11.6. The number of hydrogen-bond donors (Lipinski definition) is 1. The Kier molecular flexibility index (Phi) is 3.77. The molecule has 21 heavy (non-hydrogen) atoms. The van der Waals surface area contributed by atoms with Crippen molar-refractivity contribution in [2.45, 2.75) is 19.9 Å². The summed E-state index contributed by atoms with van der Waals surface area (Å²) in [7, 11) is 0. The van der Waals surface area contributed by atoms with Crippen molar-refractivity contribution in [1.29, 1.82) is 0 Å². The molecule has 0 spiro atoms. The molecule has 1 heterocycles. The van der Waals surface area contributed by atoms with E-state index < -0.39 is 0 Å². The van der Waals surface area contributed by atoms with Crippen LogP contribution < -0.4 is 14.8 Å². The van der Waals surface area contributed by atoms with Crippen LogP contribution in [-0.4, -0.2) is 12.6 Å². The van der Waals surface area contributed by atoms with Gasteiger partial charge in [-0.25, -0.2) is 0 Å². The smallest absolute Gasteiger partial charge is 0.231 e. The average Bonchev–Trinajstić information content (AvgIpc) is 3.00. The van der Waals surface area contributed by atoms with E-state index in [-0.39, 0.29) is 5.78 Å². The van der Waals surface area contributed by atoms with Crippen molar-refractivity contribution in [3.8, 4) is 11.5 Å². The van der Waals surface area contributed by atoms with Crippen LogP contribution in [0.15, 0.2) is 42.5 Å². The summed E-state index contributed by atoms with van der Waals surface area (Å²) < 4.78 is 10.6. The first-order valence-corrected chi connectivity index (χ1v) is 7.02. The third-order valence-corrected chi connectivity index (χ3v) is 3.46. The summed E-state index contributed by atoms with van der Waals surface area (Å²) in [5, 5.41) is 3.33. The number of Topliss-reactive ketones (excluding diaryl/α,β-unsaturated/α-hetero) is 1. The lowest BCUT2D eigenvalue weighted by molar-refractivity contribution is 0.0988. The van der Waals surface area contributed by atoms with Gasteiger partial charge in [0.1, 0.15) is 0 Å². The van der Waals surface area contributed by atoms with Crippen LogP contribution >= 0.6 is 0 Å². The predicted molar refractivity (Wildman–Crippen MR) is 81.0 cm³/mol. The number of hydrogen-bond acceptors (Lipinski definition) is 4. The minimum Gasteiger partial charge on any atom is -0.454 e. The van der Waals surface area contributed by atoms with Crippen molar-refractivity contribution in [2.24, 2.45) is 0 Å². The second-order valence-corrected chi connectivity index (χ2v) is 4.90. The van der Waals surface area contributed by atoms with E-state index in [2.05, 4.69) is 5.32 Å². The van der Waals surface area contributed by atoms with Gasteiger partial charge in [0.2, 0.25) is 6.79 Å². The number of nitrogens with one attached hydrogen (secondary N) is 1. The Balaban J connectivity index is 1.63. The lowest BCUT2D eigenvalue weighted by Gasteiger charge is -2.08. The fourth-order valence-electron chi connectivity index (χ4n) is 2.23. The van der Waals surface area contributed by atoms with Gasteiger partial charge < -0.3 is 14.8 Å². The molecule has 0 unspecified atom stereocenters. The zero-order valence-electron chi connectivity index (χ0n) is 11.9. The monoisotopic (exact) mass is 283 g/mol. The summed E-state index contributed by atoms with van der Waals surface area (Å²) in [6.45, 7) is 2.85. The van der Waals surface area contributed by atoms with Gasteiger partial charge in [-0.15, -0.1) is 0 Å². The Hall–Kier alpha value is -2.49. The van der Waals surface area contributed by atoms with Crippen molar-refractivity contribution >= 4 is 11.5 Å². The van der Waals surface area contributed by atoms with Crippen LogP contribution in [0.5, 0.6) is 11.5 Å². The van der Waals surface area contributed by atoms with Crippen LogP contribution in [0.4, 0.5) is 5.69 Å². The minimum absolute atomic E-state index is 0.164. The molecule has 1 aliphatic heterocycles. The molecule has 0 saturated heterocycles. The van der Waals surface area contributed by atoms with E-state index in [4.69, 9.17) is 9.47 Å². The summed E-state index contributed by atoms with van der Waals surface area (Å²) in [5.74, 6) is 1.75. The Morgan fingerprint density at radius 3 is 2.62 bits per heavy atom. The van der Waals surface area contributed by atoms with E-state index in [0.29, 0.717) is 19.8 Å². The highest BCUT2D eigenvalue weighted by Gasteiger charge is 2.12. The molecular formula is C17H17NO3. The van der Waals surface area contributed by atoms with Gasteiger partial charge in [0.25, 0.3) is 0 Å². The van der Waals surface area contributed by atoms with E-state index in [0.717, 1.165) is 28.3 Å². The van der Waals surface area contributed by atoms with Gasteiger partial charge in [-0.3, -0.25) is 4.79 Å². The standard InChI is InChI=1S/C17H17NO3/c1-2-15(19)13-4-6-14(7-5-13)18-10-12-3-8-16-17(9-12)21-11-20-16/h3-9,18H,2,10-11H2,1H3. The lowest BCUT2D eigenvalue weighted by atomic mass is 10.1. The second kappa shape index (κ2) is 5.87. The number of ketones is 1. The van der Waals surface area contributed by atoms with Crippen LogP contribution in [0.1, 0.15) is 29.3 Å². The number of fused-ring (bicyclic) bond motifs is 1. The Morgan fingerprint density at radius 1 is 1.10 bits per heavy atom. The van der Waals surface area contributed by atoms with Gasteiger partial charge in [0.15, 0.2) is 17.3 Å². The third-order valence-electron chi connectivity index (χ3n) is 3.46. The highest BCUT2D eigenvalue weighted by Crippen LogP contribution is 2.32. The molecule has 0 atom stereocenters. The van der Waals surface area contributed by atoms with Crippen molar-refractivity contribution in [3.05, 3.63) is 53.6 Å². The zero-order valence-corrected chi connectivity index (χ0v) is 11.9. The summed E-state index contributed by atoms with van der Waals surface area (Å²) in [6.07, 6.45) is 0.532. The van der Waals surface area contributed by atoms with Crippen LogP contribution in [-0.2, 0) is 6.54 Å². The van der Waals surface area contributed by atoms with E-state index in [9.17, 15) is 4.79 Å².